The molecule has 2 atom stereocenters. The highest BCUT2D eigenvalue weighted by molar-refractivity contribution is 6.30. The molecule has 118 valence electrons. The lowest BCUT2D eigenvalue weighted by molar-refractivity contribution is 0.0249. The first-order valence-corrected chi connectivity index (χ1v) is 8.82. The molecule has 22 heavy (non-hydrogen) atoms. The molecule has 2 aliphatic heterocycles. The van der Waals surface area contributed by atoms with Crippen LogP contribution in [0.5, 0.6) is 0 Å². The topological polar surface area (TPSA) is 23.6 Å². The van der Waals surface area contributed by atoms with E-state index in [-0.39, 0.29) is 5.91 Å². The molecule has 1 aliphatic carbocycles. The van der Waals surface area contributed by atoms with Crippen LogP contribution in [-0.2, 0) is 0 Å². The number of amides is 1. The van der Waals surface area contributed by atoms with Crippen molar-refractivity contribution in [1.82, 2.24) is 9.80 Å². The van der Waals surface area contributed by atoms with E-state index >= 15 is 0 Å². The number of hydrogen-bond donors (Lipinski definition) is 0. The third-order valence-corrected chi connectivity index (χ3v) is 5.50. The fraction of sp³-hybridized carbons (Fsp3) is 0.611. The number of halogens is 1. The summed E-state index contributed by atoms with van der Waals surface area (Å²) in [6.07, 6.45) is 4.14. The molecule has 4 rings (SSSR count). The first-order valence-electron chi connectivity index (χ1n) is 8.44. The maximum atomic E-state index is 12.7. The SMILES string of the molecule is O=C(c1ccc(Cl)cc1)N1C[C@@H]2C[C@@H](CN(CC3CC3)C2)C1. The van der Waals surface area contributed by atoms with Gasteiger partial charge in [0.2, 0.25) is 0 Å². The van der Waals surface area contributed by atoms with Gasteiger partial charge in [-0.25, -0.2) is 0 Å². The largest absolute Gasteiger partial charge is 0.338 e. The lowest BCUT2D eigenvalue weighted by Gasteiger charge is -2.46. The van der Waals surface area contributed by atoms with E-state index in [0.717, 1.165) is 24.6 Å². The van der Waals surface area contributed by atoms with Gasteiger partial charge in [-0.15, -0.1) is 0 Å². The van der Waals surface area contributed by atoms with Gasteiger partial charge in [0.05, 0.1) is 0 Å². The summed E-state index contributed by atoms with van der Waals surface area (Å²) >= 11 is 5.91. The minimum absolute atomic E-state index is 0.169. The van der Waals surface area contributed by atoms with Crippen LogP contribution in [-0.4, -0.2) is 48.4 Å². The summed E-state index contributed by atoms with van der Waals surface area (Å²) in [5, 5.41) is 0.683. The predicted octanol–water partition coefficient (Wildman–Crippen LogP) is 3.14. The number of nitrogens with zero attached hydrogens (tertiary/aromatic N) is 2. The molecule has 2 saturated heterocycles. The summed E-state index contributed by atoms with van der Waals surface area (Å²) in [7, 11) is 0. The van der Waals surface area contributed by atoms with Gasteiger partial charge in [-0.2, -0.15) is 0 Å². The maximum absolute atomic E-state index is 12.7. The zero-order valence-electron chi connectivity index (χ0n) is 12.9. The second kappa shape index (κ2) is 5.86. The van der Waals surface area contributed by atoms with Crippen molar-refractivity contribution in [2.45, 2.75) is 19.3 Å². The second-order valence-corrected chi connectivity index (χ2v) is 7.78. The summed E-state index contributed by atoms with van der Waals surface area (Å²) in [5.41, 5.74) is 0.763. The summed E-state index contributed by atoms with van der Waals surface area (Å²) < 4.78 is 0. The highest BCUT2D eigenvalue weighted by Gasteiger charge is 2.37. The van der Waals surface area contributed by atoms with Crippen LogP contribution in [0.2, 0.25) is 5.02 Å². The maximum Gasteiger partial charge on any atom is 0.253 e. The monoisotopic (exact) mass is 318 g/mol. The molecule has 0 unspecified atom stereocenters. The first kappa shape index (κ1) is 14.5. The molecule has 3 aliphatic rings. The molecule has 2 bridgehead atoms. The minimum Gasteiger partial charge on any atom is -0.338 e. The number of carbonyl (C=O) groups excluding carboxylic acids is 1. The molecule has 3 fully saturated rings. The number of rotatable bonds is 3. The number of hydrogen-bond acceptors (Lipinski definition) is 2. The standard InChI is InChI=1S/C18H23ClN2O/c19-17-5-3-16(4-6-17)18(22)21-11-14-7-15(12-21)10-20(9-14)8-13-1-2-13/h3-6,13-15H,1-2,7-12H2/t14-,15+. The molecule has 1 saturated carbocycles. The Morgan fingerprint density at radius 3 is 2.27 bits per heavy atom. The summed E-state index contributed by atoms with van der Waals surface area (Å²) in [4.78, 5) is 17.4. The molecular formula is C18H23ClN2O. The zero-order valence-corrected chi connectivity index (χ0v) is 13.6. The fourth-order valence-corrected chi connectivity index (χ4v) is 4.27. The van der Waals surface area contributed by atoms with Crippen LogP contribution in [0.1, 0.15) is 29.6 Å². The Morgan fingerprint density at radius 1 is 1.05 bits per heavy atom. The van der Waals surface area contributed by atoms with Crippen LogP contribution < -0.4 is 0 Å². The van der Waals surface area contributed by atoms with Crippen molar-refractivity contribution < 1.29 is 4.79 Å². The van der Waals surface area contributed by atoms with E-state index in [9.17, 15) is 4.79 Å². The van der Waals surface area contributed by atoms with Gasteiger partial charge < -0.3 is 9.80 Å². The summed E-state index contributed by atoms with van der Waals surface area (Å²) in [6.45, 7) is 5.48. The second-order valence-electron chi connectivity index (χ2n) is 7.35. The van der Waals surface area contributed by atoms with E-state index in [1.165, 1.54) is 38.9 Å². The lowest BCUT2D eigenvalue weighted by Crippen LogP contribution is -2.54. The first-order chi connectivity index (χ1) is 10.7. The zero-order chi connectivity index (χ0) is 15.1. The molecule has 1 aromatic rings. The van der Waals surface area contributed by atoms with Crippen molar-refractivity contribution in [2.24, 2.45) is 17.8 Å². The van der Waals surface area contributed by atoms with E-state index in [1.54, 1.807) is 12.1 Å². The van der Waals surface area contributed by atoms with E-state index in [0.29, 0.717) is 16.9 Å². The van der Waals surface area contributed by atoms with Gasteiger partial charge in [0.1, 0.15) is 0 Å². The van der Waals surface area contributed by atoms with E-state index < -0.39 is 0 Å². The Balaban J connectivity index is 1.41. The van der Waals surface area contributed by atoms with Gasteiger partial charge >= 0.3 is 0 Å². The van der Waals surface area contributed by atoms with Crippen LogP contribution in [0.25, 0.3) is 0 Å². The number of benzene rings is 1. The molecule has 4 heteroatoms. The summed E-state index contributed by atoms with van der Waals surface area (Å²) in [5.74, 6) is 2.44. The van der Waals surface area contributed by atoms with Crippen LogP contribution in [0.15, 0.2) is 24.3 Å². The van der Waals surface area contributed by atoms with Gasteiger partial charge in [-0.3, -0.25) is 4.79 Å². The van der Waals surface area contributed by atoms with Crippen molar-refractivity contribution in [3.63, 3.8) is 0 Å². The normalized spacial score (nSPS) is 28.7. The Labute approximate surface area is 137 Å². The average molecular weight is 319 g/mol. The van der Waals surface area contributed by atoms with Gasteiger partial charge in [0.15, 0.2) is 0 Å². The Kier molecular flexibility index (Phi) is 3.87. The van der Waals surface area contributed by atoms with Gasteiger partial charge in [0, 0.05) is 43.3 Å². The van der Waals surface area contributed by atoms with Crippen molar-refractivity contribution in [1.29, 1.82) is 0 Å². The molecular weight excluding hydrogens is 296 g/mol. The predicted molar refractivity (Wildman–Crippen MR) is 88.1 cm³/mol. The van der Waals surface area contributed by atoms with E-state index in [2.05, 4.69) is 9.80 Å². The average Bonchev–Trinajstić information content (AvgIpc) is 3.30. The van der Waals surface area contributed by atoms with Gasteiger partial charge in [-0.05, 0) is 61.3 Å². The van der Waals surface area contributed by atoms with Gasteiger partial charge in [0.25, 0.3) is 5.91 Å². The van der Waals surface area contributed by atoms with E-state index in [1.807, 2.05) is 12.1 Å². The molecule has 2 heterocycles. The Morgan fingerprint density at radius 2 is 1.68 bits per heavy atom. The third kappa shape index (κ3) is 3.16. The fourth-order valence-electron chi connectivity index (χ4n) is 4.14. The van der Waals surface area contributed by atoms with Crippen LogP contribution in [0.3, 0.4) is 0 Å². The molecule has 0 aromatic heterocycles. The minimum atomic E-state index is 0.169. The molecule has 0 radical (unpaired) electrons. The number of fused-ring (bicyclic) bond motifs is 2. The van der Waals surface area contributed by atoms with E-state index in [4.69, 9.17) is 11.6 Å². The van der Waals surface area contributed by atoms with Crippen molar-refractivity contribution in [2.75, 3.05) is 32.7 Å². The van der Waals surface area contributed by atoms with Gasteiger partial charge in [-0.1, -0.05) is 11.6 Å². The molecule has 0 N–H and O–H groups in total. The molecule has 0 spiro atoms. The molecule has 1 aromatic carbocycles. The highest BCUT2D eigenvalue weighted by atomic mass is 35.5. The number of likely N-dealkylation sites (tertiary alicyclic amines) is 2. The lowest BCUT2D eigenvalue weighted by atomic mass is 9.84. The number of piperidine rings is 2. The molecule has 1 amide bonds. The van der Waals surface area contributed by atoms with Crippen molar-refractivity contribution in [3.8, 4) is 0 Å². The third-order valence-electron chi connectivity index (χ3n) is 5.25. The van der Waals surface area contributed by atoms with Crippen LogP contribution >= 0.6 is 11.6 Å². The van der Waals surface area contributed by atoms with Crippen molar-refractivity contribution >= 4 is 17.5 Å². The smallest absolute Gasteiger partial charge is 0.253 e. The Bertz CT molecular complexity index is 541. The summed E-state index contributed by atoms with van der Waals surface area (Å²) in [6, 6.07) is 7.29. The van der Waals surface area contributed by atoms with Crippen LogP contribution in [0, 0.1) is 17.8 Å². The highest BCUT2D eigenvalue weighted by Crippen LogP contribution is 2.34. The Hall–Kier alpha value is -1.06. The van der Waals surface area contributed by atoms with Crippen molar-refractivity contribution in [3.05, 3.63) is 34.9 Å². The molecule has 3 nitrogen and oxygen atoms in total. The quantitative estimate of drug-likeness (QED) is 0.855. The number of carbonyl (C=O) groups is 1. The van der Waals surface area contributed by atoms with Crippen LogP contribution in [0.4, 0.5) is 0 Å².